The zero-order chi connectivity index (χ0) is 15.2. The van der Waals surface area contributed by atoms with Gasteiger partial charge in [0.1, 0.15) is 0 Å². The molecule has 0 aliphatic rings. The Balaban J connectivity index is 2.07. The van der Waals surface area contributed by atoms with Crippen LogP contribution in [0.1, 0.15) is 11.1 Å². The molecule has 0 radical (unpaired) electrons. The van der Waals surface area contributed by atoms with Crippen molar-refractivity contribution in [1.82, 2.24) is 0 Å². The lowest BCUT2D eigenvalue weighted by molar-refractivity contribution is -0.111. The van der Waals surface area contributed by atoms with Crippen LogP contribution >= 0.6 is 23.2 Å². The lowest BCUT2D eigenvalue weighted by atomic mass is 10.2. The first-order valence-corrected chi connectivity index (χ1v) is 6.98. The number of benzene rings is 2. The first-order chi connectivity index (χ1) is 10.1. The van der Waals surface area contributed by atoms with E-state index in [4.69, 9.17) is 28.3 Å². The van der Waals surface area contributed by atoms with Gasteiger partial charge in [-0.3, -0.25) is 4.79 Å². The molecule has 0 spiro atoms. The van der Waals surface area contributed by atoms with Crippen molar-refractivity contribution in [3.8, 4) is 0 Å². The van der Waals surface area contributed by atoms with Crippen LogP contribution in [0.2, 0.25) is 10.0 Å². The third-order valence-electron chi connectivity index (χ3n) is 2.77. The highest BCUT2D eigenvalue weighted by Gasteiger charge is 2.03. The van der Waals surface area contributed by atoms with Crippen molar-refractivity contribution in [3.63, 3.8) is 0 Å². The van der Waals surface area contributed by atoms with Gasteiger partial charge in [-0.25, -0.2) is 0 Å². The fourth-order valence-electron chi connectivity index (χ4n) is 1.75. The highest BCUT2D eigenvalue weighted by molar-refractivity contribution is 6.42. The molecule has 0 aliphatic heterocycles. The van der Waals surface area contributed by atoms with Crippen LogP contribution < -0.4 is 5.32 Å². The van der Waals surface area contributed by atoms with Crippen molar-refractivity contribution >= 4 is 40.9 Å². The Morgan fingerprint density at radius 2 is 1.95 bits per heavy atom. The van der Waals surface area contributed by atoms with Crippen LogP contribution in [-0.2, 0) is 11.4 Å². The summed E-state index contributed by atoms with van der Waals surface area (Å²) >= 11 is 11.9. The van der Waals surface area contributed by atoms with Crippen molar-refractivity contribution in [2.24, 2.45) is 0 Å². The number of hydrogen-bond donors (Lipinski definition) is 2. The summed E-state index contributed by atoms with van der Waals surface area (Å²) in [7, 11) is 0. The van der Waals surface area contributed by atoms with Crippen LogP contribution in [-0.4, -0.2) is 11.0 Å². The second-order valence-electron chi connectivity index (χ2n) is 4.32. The Morgan fingerprint density at radius 1 is 1.19 bits per heavy atom. The van der Waals surface area contributed by atoms with E-state index in [9.17, 15) is 4.79 Å². The predicted octanol–water partition coefficient (Wildman–Crippen LogP) is 4.14. The van der Waals surface area contributed by atoms with Crippen molar-refractivity contribution in [2.75, 3.05) is 5.32 Å². The zero-order valence-corrected chi connectivity index (χ0v) is 12.5. The van der Waals surface area contributed by atoms with Crippen LogP contribution in [0.5, 0.6) is 0 Å². The normalized spacial score (nSPS) is 10.8. The van der Waals surface area contributed by atoms with Gasteiger partial charge in [0, 0.05) is 11.8 Å². The van der Waals surface area contributed by atoms with E-state index in [2.05, 4.69) is 5.32 Å². The third-order valence-corrected chi connectivity index (χ3v) is 3.61. The van der Waals surface area contributed by atoms with Gasteiger partial charge in [-0.2, -0.15) is 0 Å². The van der Waals surface area contributed by atoms with Crippen molar-refractivity contribution in [2.45, 2.75) is 6.61 Å². The molecular formula is C16H13Cl2NO2. The molecule has 3 nitrogen and oxygen atoms in total. The average molecular weight is 322 g/mol. The Hall–Kier alpha value is -1.81. The molecule has 108 valence electrons. The number of nitrogens with one attached hydrogen (secondary N) is 1. The molecule has 5 heteroatoms. The molecule has 2 aromatic rings. The van der Waals surface area contributed by atoms with Crippen LogP contribution in [0.4, 0.5) is 5.69 Å². The van der Waals surface area contributed by atoms with Gasteiger partial charge in [-0.1, -0.05) is 47.5 Å². The second-order valence-corrected chi connectivity index (χ2v) is 5.11. The minimum atomic E-state index is -0.291. The van der Waals surface area contributed by atoms with Gasteiger partial charge in [0.05, 0.1) is 16.7 Å². The maximum atomic E-state index is 11.8. The summed E-state index contributed by atoms with van der Waals surface area (Å²) in [5.74, 6) is -0.291. The largest absolute Gasteiger partial charge is 0.392 e. The number of rotatable bonds is 4. The lowest BCUT2D eigenvalue weighted by Crippen LogP contribution is -2.07. The van der Waals surface area contributed by atoms with E-state index in [0.29, 0.717) is 21.3 Å². The highest BCUT2D eigenvalue weighted by Crippen LogP contribution is 2.26. The molecule has 0 fully saturated rings. The Labute approximate surface area is 132 Å². The Kier molecular flexibility index (Phi) is 5.39. The molecular weight excluding hydrogens is 309 g/mol. The number of halogens is 2. The maximum absolute atomic E-state index is 11.8. The van der Waals surface area contributed by atoms with Gasteiger partial charge >= 0.3 is 0 Å². The molecule has 0 saturated carbocycles. The molecule has 2 aromatic carbocycles. The highest BCUT2D eigenvalue weighted by atomic mass is 35.5. The van der Waals surface area contributed by atoms with Crippen LogP contribution in [0.25, 0.3) is 6.08 Å². The number of carbonyl (C=O) groups is 1. The molecule has 0 bridgehead atoms. The van der Waals surface area contributed by atoms with Gasteiger partial charge in [0.15, 0.2) is 0 Å². The molecule has 0 atom stereocenters. The first-order valence-electron chi connectivity index (χ1n) is 6.23. The number of aliphatic hydroxyl groups is 1. The minimum absolute atomic E-state index is 0.0718. The molecule has 2 rings (SSSR count). The standard InChI is InChI=1S/C16H13Cl2NO2/c17-14-6-2-4-12(16(14)18)7-8-15(21)19-13-5-1-3-11(9-13)10-20/h1-9,20H,10H2,(H,19,21)/b8-7+. The topological polar surface area (TPSA) is 49.3 Å². The summed E-state index contributed by atoms with van der Waals surface area (Å²) in [4.78, 5) is 11.8. The Bertz CT molecular complexity index is 684. The zero-order valence-electron chi connectivity index (χ0n) is 11.0. The van der Waals surface area contributed by atoms with Gasteiger partial charge in [-0.05, 0) is 35.4 Å². The van der Waals surface area contributed by atoms with Gasteiger partial charge in [0.25, 0.3) is 0 Å². The number of aliphatic hydroxyl groups excluding tert-OH is 1. The monoisotopic (exact) mass is 321 g/mol. The fraction of sp³-hybridized carbons (Fsp3) is 0.0625. The third kappa shape index (κ3) is 4.33. The quantitative estimate of drug-likeness (QED) is 0.831. The van der Waals surface area contributed by atoms with Gasteiger partial charge in [0.2, 0.25) is 5.91 Å². The van der Waals surface area contributed by atoms with Crippen molar-refractivity contribution < 1.29 is 9.90 Å². The molecule has 0 heterocycles. The molecule has 2 N–H and O–H groups in total. The second kappa shape index (κ2) is 7.27. The Morgan fingerprint density at radius 3 is 2.71 bits per heavy atom. The summed E-state index contributed by atoms with van der Waals surface area (Å²) in [5, 5.41) is 12.6. The molecule has 0 aliphatic carbocycles. The fourth-order valence-corrected chi connectivity index (χ4v) is 2.12. The number of carbonyl (C=O) groups excluding carboxylic acids is 1. The predicted molar refractivity (Wildman–Crippen MR) is 86.5 cm³/mol. The summed E-state index contributed by atoms with van der Waals surface area (Å²) in [6.07, 6.45) is 2.97. The van der Waals surface area contributed by atoms with Gasteiger partial charge in [-0.15, -0.1) is 0 Å². The molecule has 0 unspecified atom stereocenters. The maximum Gasteiger partial charge on any atom is 0.248 e. The first kappa shape index (κ1) is 15.6. The smallest absolute Gasteiger partial charge is 0.248 e. The van der Waals surface area contributed by atoms with E-state index in [1.165, 1.54) is 6.08 Å². The minimum Gasteiger partial charge on any atom is -0.392 e. The summed E-state index contributed by atoms with van der Waals surface area (Å²) in [6, 6.07) is 12.2. The number of amides is 1. The SMILES string of the molecule is O=C(/C=C/c1cccc(Cl)c1Cl)Nc1cccc(CO)c1. The van der Waals surface area contributed by atoms with E-state index in [1.807, 2.05) is 0 Å². The van der Waals surface area contributed by atoms with Crippen molar-refractivity contribution in [1.29, 1.82) is 0 Å². The number of hydrogen-bond acceptors (Lipinski definition) is 2. The lowest BCUT2D eigenvalue weighted by Gasteiger charge is -2.04. The van der Waals surface area contributed by atoms with Crippen LogP contribution in [0.3, 0.4) is 0 Å². The van der Waals surface area contributed by atoms with E-state index < -0.39 is 0 Å². The van der Waals surface area contributed by atoms with E-state index in [0.717, 1.165) is 5.56 Å². The molecule has 1 amide bonds. The van der Waals surface area contributed by atoms with E-state index >= 15 is 0 Å². The van der Waals surface area contributed by atoms with Crippen LogP contribution in [0.15, 0.2) is 48.5 Å². The van der Waals surface area contributed by atoms with Gasteiger partial charge < -0.3 is 10.4 Å². The van der Waals surface area contributed by atoms with E-state index in [-0.39, 0.29) is 12.5 Å². The molecule has 0 saturated heterocycles. The van der Waals surface area contributed by atoms with Crippen LogP contribution in [0, 0.1) is 0 Å². The van der Waals surface area contributed by atoms with E-state index in [1.54, 1.807) is 48.5 Å². The average Bonchev–Trinajstić information content (AvgIpc) is 2.49. The number of anilines is 1. The molecule has 0 aromatic heterocycles. The summed E-state index contributed by atoms with van der Waals surface area (Å²) in [5.41, 5.74) is 2.02. The summed E-state index contributed by atoms with van der Waals surface area (Å²) < 4.78 is 0. The van der Waals surface area contributed by atoms with Crippen molar-refractivity contribution in [3.05, 3.63) is 69.7 Å². The molecule has 21 heavy (non-hydrogen) atoms. The summed E-state index contributed by atoms with van der Waals surface area (Å²) in [6.45, 7) is -0.0718.